The first-order chi connectivity index (χ1) is 9.49. The molecule has 2 rings (SSSR count). The molecule has 0 unspecified atom stereocenters. The Hall–Kier alpha value is -2.90. The van der Waals surface area contributed by atoms with Crippen LogP contribution in [0.25, 0.3) is 0 Å². The lowest BCUT2D eigenvalue weighted by atomic mass is 10.1. The largest absolute Gasteiger partial charge is 0.332 e. The van der Waals surface area contributed by atoms with Gasteiger partial charge >= 0.3 is 5.69 Å². The number of hydrogen-bond donors (Lipinski definition) is 2. The van der Waals surface area contributed by atoms with Gasteiger partial charge in [-0.05, 0) is 18.6 Å². The van der Waals surface area contributed by atoms with E-state index in [4.69, 9.17) is 0 Å². The van der Waals surface area contributed by atoms with Crippen LogP contribution in [0.1, 0.15) is 15.9 Å². The lowest BCUT2D eigenvalue weighted by Gasteiger charge is -2.07. The van der Waals surface area contributed by atoms with E-state index in [0.29, 0.717) is 5.56 Å². The van der Waals surface area contributed by atoms with Crippen LogP contribution in [0.15, 0.2) is 30.5 Å². The molecule has 104 valence electrons. The van der Waals surface area contributed by atoms with Crippen LogP contribution in [0.3, 0.4) is 0 Å². The van der Waals surface area contributed by atoms with Crippen LogP contribution in [-0.4, -0.2) is 20.6 Å². The number of amides is 1. The van der Waals surface area contributed by atoms with Gasteiger partial charge in [-0.15, -0.1) is 5.10 Å². The second-order valence-corrected chi connectivity index (χ2v) is 4.19. The average molecular weight is 275 g/mol. The van der Waals surface area contributed by atoms with Gasteiger partial charge in [0.25, 0.3) is 5.91 Å². The summed E-state index contributed by atoms with van der Waals surface area (Å²) in [6.45, 7) is 1.80. The first-order valence-corrected chi connectivity index (χ1v) is 5.79. The van der Waals surface area contributed by atoms with Crippen LogP contribution in [0.2, 0.25) is 0 Å². The van der Waals surface area contributed by atoms with Gasteiger partial charge in [-0.25, -0.2) is 0 Å². The van der Waals surface area contributed by atoms with Crippen LogP contribution in [-0.2, 0) is 7.05 Å². The predicted molar refractivity (Wildman–Crippen MR) is 72.1 cm³/mol. The highest BCUT2D eigenvalue weighted by Crippen LogP contribution is 2.20. The molecule has 0 spiro atoms. The molecule has 8 heteroatoms. The highest BCUT2D eigenvalue weighted by Gasteiger charge is 2.19. The third kappa shape index (κ3) is 2.74. The van der Waals surface area contributed by atoms with Gasteiger partial charge in [0.2, 0.25) is 5.82 Å². The van der Waals surface area contributed by atoms with E-state index >= 15 is 0 Å². The van der Waals surface area contributed by atoms with Crippen molar-refractivity contribution in [2.75, 3.05) is 5.43 Å². The fourth-order valence-electron chi connectivity index (χ4n) is 1.71. The van der Waals surface area contributed by atoms with E-state index in [0.717, 1.165) is 5.56 Å². The molecular weight excluding hydrogens is 262 g/mol. The molecule has 0 saturated heterocycles. The minimum atomic E-state index is -0.574. The number of rotatable bonds is 4. The molecule has 0 bridgehead atoms. The molecule has 0 atom stereocenters. The third-order valence-corrected chi connectivity index (χ3v) is 2.69. The lowest BCUT2D eigenvalue weighted by molar-refractivity contribution is -0.384. The number of nitrogens with zero attached hydrogens (tertiary/aromatic N) is 3. The quantitative estimate of drug-likeness (QED) is 0.648. The van der Waals surface area contributed by atoms with Crippen molar-refractivity contribution >= 4 is 17.4 Å². The third-order valence-electron chi connectivity index (χ3n) is 2.69. The fourth-order valence-corrected chi connectivity index (χ4v) is 1.71. The van der Waals surface area contributed by atoms with Gasteiger partial charge in [0.1, 0.15) is 6.20 Å². The topological polar surface area (TPSA) is 102 Å². The summed E-state index contributed by atoms with van der Waals surface area (Å²) in [7, 11) is 1.56. The minimum Gasteiger partial charge on any atom is -0.274 e. The first kappa shape index (κ1) is 13.5. The molecule has 0 aliphatic carbocycles. The smallest absolute Gasteiger partial charge is 0.274 e. The van der Waals surface area contributed by atoms with Gasteiger partial charge < -0.3 is 0 Å². The summed E-state index contributed by atoms with van der Waals surface area (Å²) in [6.07, 6.45) is 1.25. The van der Waals surface area contributed by atoms with Crippen LogP contribution < -0.4 is 10.9 Å². The van der Waals surface area contributed by atoms with Gasteiger partial charge in [0, 0.05) is 12.6 Å². The number of aryl methyl sites for hydroxylation is 2. The summed E-state index contributed by atoms with van der Waals surface area (Å²) in [5.74, 6) is -0.400. The van der Waals surface area contributed by atoms with E-state index in [1.165, 1.54) is 10.9 Å². The van der Waals surface area contributed by atoms with E-state index in [9.17, 15) is 14.9 Å². The van der Waals surface area contributed by atoms with Crippen molar-refractivity contribution in [3.8, 4) is 0 Å². The number of aromatic nitrogens is 2. The van der Waals surface area contributed by atoms with Crippen molar-refractivity contribution in [3.05, 3.63) is 51.7 Å². The van der Waals surface area contributed by atoms with Crippen molar-refractivity contribution < 1.29 is 9.72 Å². The molecule has 1 heterocycles. The zero-order valence-electron chi connectivity index (χ0n) is 11.0. The molecular formula is C12H13N5O3. The maximum Gasteiger partial charge on any atom is 0.332 e. The number of anilines is 1. The summed E-state index contributed by atoms with van der Waals surface area (Å²) < 4.78 is 1.29. The minimum absolute atomic E-state index is 0.0144. The Morgan fingerprint density at radius 2 is 2.10 bits per heavy atom. The average Bonchev–Trinajstić information content (AvgIpc) is 2.78. The van der Waals surface area contributed by atoms with Crippen molar-refractivity contribution in [2.45, 2.75) is 6.92 Å². The molecule has 0 fully saturated rings. The Morgan fingerprint density at radius 1 is 1.40 bits per heavy atom. The van der Waals surface area contributed by atoms with E-state index in [1.807, 2.05) is 6.07 Å². The van der Waals surface area contributed by atoms with Crippen molar-refractivity contribution in [3.63, 3.8) is 0 Å². The Morgan fingerprint density at radius 3 is 2.75 bits per heavy atom. The highest BCUT2D eigenvalue weighted by molar-refractivity contribution is 5.96. The molecule has 0 radical (unpaired) electrons. The maximum absolute atomic E-state index is 11.9. The van der Waals surface area contributed by atoms with Crippen LogP contribution in [0.5, 0.6) is 0 Å². The van der Waals surface area contributed by atoms with Crippen molar-refractivity contribution in [1.82, 2.24) is 15.2 Å². The molecule has 1 amide bonds. The second kappa shape index (κ2) is 5.39. The van der Waals surface area contributed by atoms with E-state index in [-0.39, 0.29) is 17.4 Å². The number of carbonyl (C=O) groups is 1. The predicted octanol–water partition coefficient (Wildman–Crippen LogP) is 1.39. The number of nitrogens with one attached hydrogen (secondary N) is 2. The normalized spacial score (nSPS) is 10.1. The highest BCUT2D eigenvalue weighted by atomic mass is 16.6. The summed E-state index contributed by atoms with van der Waals surface area (Å²) in [4.78, 5) is 22.2. The van der Waals surface area contributed by atoms with E-state index < -0.39 is 4.92 Å². The SMILES string of the molecule is Cc1ccccc1C(=O)NNc1nn(C)cc1[N+](=O)[O-]. The Balaban J connectivity index is 2.11. The van der Waals surface area contributed by atoms with Crippen molar-refractivity contribution in [2.24, 2.45) is 7.05 Å². The number of hydrogen-bond acceptors (Lipinski definition) is 5. The molecule has 2 aromatic rings. The van der Waals surface area contributed by atoms with Gasteiger partial charge in [-0.3, -0.25) is 30.4 Å². The number of carbonyl (C=O) groups excluding carboxylic acids is 1. The zero-order valence-corrected chi connectivity index (χ0v) is 11.0. The second-order valence-electron chi connectivity index (χ2n) is 4.19. The van der Waals surface area contributed by atoms with Crippen LogP contribution in [0, 0.1) is 17.0 Å². The number of nitro groups is 1. The Bertz CT molecular complexity index is 665. The summed E-state index contributed by atoms with van der Waals surface area (Å²) >= 11 is 0. The molecule has 1 aromatic heterocycles. The maximum atomic E-state index is 11.9. The van der Waals surface area contributed by atoms with Gasteiger partial charge in [0.15, 0.2) is 0 Å². The van der Waals surface area contributed by atoms with Gasteiger partial charge in [-0.2, -0.15) is 0 Å². The van der Waals surface area contributed by atoms with Gasteiger partial charge in [0.05, 0.1) is 4.92 Å². The summed E-state index contributed by atoms with van der Waals surface area (Å²) in [5, 5.41) is 14.7. The van der Waals surface area contributed by atoms with E-state index in [1.54, 1.807) is 32.2 Å². The molecule has 0 aliphatic rings. The first-order valence-electron chi connectivity index (χ1n) is 5.79. The zero-order chi connectivity index (χ0) is 14.7. The van der Waals surface area contributed by atoms with E-state index in [2.05, 4.69) is 16.0 Å². The molecule has 0 aliphatic heterocycles. The summed E-state index contributed by atoms with van der Waals surface area (Å²) in [6, 6.07) is 7.03. The van der Waals surface area contributed by atoms with Crippen LogP contribution in [0.4, 0.5) is 11.5 Å². The standard InChI is InChI=1S/C12H13N5O3/c1-8-5-3-4-6-9(8)12(18)14-13-11-10(17(19)20)7-16(2)15-11/h3-7H,1-2H3,(H,13,15)(H,14,18). The molecule has 8 nitrogen and oxygen atoms in total. The monoisotopic (exact) mass is 275 g/mol. The molecule has 20 heavy (non-hydrogen) atoms. The van der Waals surface area contributed by atoms with Crippen molar-refractivity contribution in [1.29, 1.82) is 0 Å². The Labute approximate surface area is 114 Å². The fraction of sp³-hybridized carbons (Fsp3) is 0.167. The Kier molecular flexibility index (Phi) is 3.65. The number of hydrazine groups is 1. The van der Waals surface area contributed by atoms with Gasteiger partial charge in [-0.1, -0.05) is 18.2 Å². The number of benzene rings is 1. The van der Waals surface area contributed by atoms with Crippen LogP contribution >= 0.6 is 0 Å². The molecule has 2 N–H and O–H groups in total. The lowest BCUT2D eigenvalue weighted by Crippen LogP contribution is -2.30. The molecule has 1 aromatic carbocycles. The summed E-state index contributed by atoms with van der Waals surface area (Å²) in [5.41, 5.74) is 5.95. The molecule has 0 saturated carbocycles.